The monoisotopic (exact) mass is 409 g/mol. The SMILES string of the molecule is CN(C)C(=O)/C=C/SC[C@@H]1C[C@@H](O)CN1C(=O)OCc1ccc([N+](=O)[O-])cc1. The van der Waals surface area contributed by atoms with E-state index in [2.05, 4.69) is 0 Å². The van der Waals surface area contributed by atoms with Crippen molar-refractivity contribution in [3.63, 3.8) is 0 Å². The van der Waals surface area contributed by atoms with E-state index in [0.717, 1.165) is 0 Å². The number of β-amino-alcohol motifs (C(OH)–C–C–N with tert-alkyl or cyclic N) is 1. The summed E-state index contributed by atoms with van der Waals surface area (Å²) in [6.45, 7) is 0.172. The summed E-state index contributed by atoms with van der Waals surface area (Å²) in [4.78, 5) is 37.0. The first-order valence-electron chi connectivity index (χ1n) is 8.62. The summed E-state index contributed by atoms with van der Waals surface area (Å²) in [6, 6.07) is 5.56. The molecule has 1 aromatic rings. The lowest BCUT2D eigenvalue weighted by molar-refractivity contribution is -0.384. The Morgan fingerprint density at radius 3 is 2.68 bits per heavy atom. The molecule has 28 heavy (non-hydrogen) atoms. The number of non-ortho nitro benzene ring substituents is 1. The number of rotatable bonds is 7. The molecule has 9 nitrogen and oxygen atoms in total. The second-order valence-corrected chi connectivity index (χ2v) is 7.48. The number of nitrogens with zero attached hydrogens (tertiary/aromatic N) is 3. The number of carbonyl (C=O) groups excluding carboxylic acids is 2. The van der Waals surface area contributed by atoms with Crippen LogP contribution in [-0.2, 0) is 16.1 Å². The van der Waals surface area contributed by atoms with Gasteiger partial charge >= 0.3 is 6.09 Å². The third-order valence-electron chi connectivity index (χ3n) is 4.17. The fourth-order valence-corrected chi connectivity index (χ4v) is 3.50. The largest absolute Gasteiger partial charge is 0.445 e. The number of nitro groups is 1. The first-order valence-corrected chi connectivity index (χ1v) is 9.67. The molecule has 2 amide bonds. The lowest BCUT2D eigenvalue weighted by atomic mass is 10.2. The Labute approximate surface area is 167 Å². The fourth-order valence-electron chi connectivity index (χ4n) is 2.64. The van der Waals surface area contributed by atoms with E-state index in [-0.39, 0.29) is 30.8 Å². The molecule has 0 spiro atoms. The van der Waals surface area contributed by atoms with E-state index >= 15 is 0 Å². The summed E-state index contributed by atoms with van der Waals surface area (Å²) in [5, 5.41) is 22.2. The average Bonchev–Trinajstić information content (AvgIpc) is 3.04. The highest BCUT2D eigenvalue weighted by molar-refractivity contribution is 8.02. The van der Waals surface area contributed by atoms with Crippen molar-refractivity contribution in [1.29, 1.82) is 0 Å². The highest BCUT2D eigenvalue weighted by Crippen LogP contribution is 2.23. The molecular weight excluding hydrogens is 386 g/mol. The van der Waals surface area contributed by atoms with E-state index in [1.165, 1.54) is 51.9 Å². The van der Waals surface area contributed by atoms with Crippen LogP contribution in [0.5, 0.6) is 0 Å². The molecule has 1 saturated heterocycles. The minimum Gasteiger partial charge on any atom is -0.445 e. The molecule has 152 valence electrons. The fraction of sp³-hybridized carbons (Fsp3) is 0.444. The van der Waals surface area contributed by atoms with Crippen LogP contribution in [0.3, 0.4) is 0 Å². The molecule has 1 heterocycles. The highest BCUT2D eigenvalue weighted by Gasteiger charge is 2.35. The topological polar surface area (TPSA) is 113 Å². The van der Waals surface area contributed by atoms with Crippen molar-refractivity contribution in [3.8, 4) is 0 Å². The van der Waals surface area contributed by atoms with Gasteiger partial charge in [-0.3, -0.25) is 14.9 Å². The molecular formula is C18H23N3O6S. The van der Waals surface area contributed by atoms with Gasteiger partial charge in [-0.05, 0) is 29.5 Å². The van der Waals surface area contributed by atoms with Crippen LogP contribution in [-0.4, -0.2) is 70.4 Å². The maximum atomic E-state index is 12.4. The van der Waals surface area contributed by atoms with Crippen molar-refractivity contribution in [2.75, 3.05) is 26.4 Å². The number of hydrogen-bond acceptors (Lipinski definition) is 7. The second-order valence-electron chi connectivity index (χ2n) is 6.54. The van der Waals surface area contributed by atoms with E-state index in [0.29, 0.717) is 17.7 Å². The van der Waals surface area contributed by atoms with Gasteiger partial charge in [0.25, 0.3) is 5.69 Å². The lowest BCUT2D eigenvalue weighted by Gasteiger charge is -2.23. The van der Waals surface area contributed by atoms with Gasteiger partial charge in [-0.15, -0.1) is 11.8 Å². The van der Waals surface area contributed by atoms with Gasteiger partial charge < -0.3 is 19.6 Å². The summed E-state index contributed by atoms with van der Waals surface area (Å²) in [5.41, 5.74) is 0.602. The van der Waals surface area contributed by atoms with Crippen molar-refractivity contribution in [3.05, 3.63) is 51.4 Å². The van der Waals surface area contributed by atoms with E-state index in [1.54, 1.807) is 19.5 Å². The van der Waals surface area contributed by atoms with Crippen molar-refractivity contribution in [2.45, 2.75) is 25.2 Å². The van der Waals surface area contributed by atoms with E-state index < -0.39 is 17.1 Å². The molecule has 1 fully saturated rings. The number of nitro benzene ring substituents is 1. The molecule has 1 aliphatic heterocycles. The van der Waals surface area contributed by atoms with E-state index in [1.807, 2.05) is 0 Å². The maximum absolute atomic E-state index is 12.4. The Kier molecular flexibility index (Phi) is 7.82. The third-order valence-corrected chi connectivity index (χ3v) is 5.08. The van der Waals surface area contributed by atoms with Crippen molar-refractivity contribution in [1.82, 2.24) is 9.80 Å². The number of carbonyl (C=O) groups is 2. The van der Waals surface area contributed by atoms with Crippen LogP contribution in [0.15, 0.2) is 35.7 Å². The van der Waals surface area contributed by atoms with Crippen LogP contribution in [0.1, 0.15) is 12.0 Å². The van der Waals surface area contributed by atoms with Crippen LogP contribution >= 0.6 is 11.8 Å². The first kappa shape index (κ1) is 21.7. The quantitative estimate of drug-likeness (QED) is 0.416. The van der Waals surface area contributed by atoms with Gasteiger partial charge in [0, 0.05) is 44.1 Å². The molecule has 0 unspecified atom stereocenters. The zero-order chi connectivity index (χ0) is 20.7. The zero-order valence-electron chi connectivity index (χ0n) is 15.7. The van der Waals surface area contributed by atoms with Crippen LogP contribution in [0.4, 0.5) is 10.5 Å². The molecule has 2 atom stereocenters. The first-order chi connectivity index (χ1) is 13.3. The van der Waals surface area contributed by atoms with Gasteiger partial charge in [0.2, 0.25) is 5.91 Å². The number of likely N-dealkylation sites (tertiary alicyclic amines) is 1. The number of aliphatic hydroxyl groups is 1. The number of thioether (sulfide) groups is 1. The van der Waals surface area contributed by atoms with Gasteiger partial charge in [0.05, 0.1) is 17.6 Å². The molecule has 1 aliphatic rings. The van der Waals surface area contributed by atoms with Gasteiger partial charge in [-0.1, -0.05) is 0 Å². The smallest absolute Gasteiger partial charge is 0.410 e. The standard InChI is InChI=1S/C18H23N3O6S/c1-19(2)17(23)7-8-28-12-15-9-16(22)10-20(15)18(24)27-11-13-3-5-14(6-4-13)21(25)26/h3-8,15-16,22H,9-12H2,1-2H3/b8-7+/t15-,16+/m0/s1. The summed E-state index contributed by atoms with van der Waals surface area (Å²) in [7, 11) is 3.32. The number of benzene rings is 1. The Hall–Kier alpha value is -2.59. The molecule has 0 radical (unpaired) electrons. The molecule has 0 bridgehead atoms. The predicted octanol–water partition coefficient (Wildman–Crippen LogP) is 2.00. The number of likely N-dealkylation sites (N-methyl/N-ethyl adjacent to an activating group) is 1. The number of amides is 2. The molecule has 0 aromatic heterocycles. The lowest BCUT2D eigenvalue weighted by Crippen LogP contribution is -2.37. The van der Waals surface area contributed by atoms with Crippen molar-refractivity contribution < 1.29 is 24.4 Å². The maximum Gasteiger partial charge on any atom is 0.410 e. The number of aliphatic hydroxyl groups excluding tert-OH is 1. The minimum atomic E-state index is -0.620. The van der Waals surface area contributed by atoms with Crippen LogP contribution in [0, 0.1) is 10.1 Å². The molecule has 1 N–H and O–H groups in total. The average molecular weight is 409 g/mol. The van der Waals surface area contributed by atoms with Crippen molar-refractivity contribution >= 4 is 29.4 Å². The Morgan fingerprint density at radius 1 is 1.39 bits per heavy atom. The summed E-state index contributed by atoms with van der Waals surface area (Å²) in [5.74, 6) is 0.402. The molecule has 10 heteroatoms. The predicted molar refractivity (Wildman–Crippen MR) is 105 cm³/mol. The molecule has 1 aromatic carbocycles. The second kappa shape index (κ2) is 10.1. The Morgan fingerprint density at radius 2 is 2.07 bits per heavy atom. The minimum absolute atomic E-state index is 0.0134. The van der Waals surface area contributed by atoms with E-state index in [9.17, 15) is 24.8 Å². The van der Waals surface area contributed by atoms with Crippen LogP contribution in [0.25, 0.3) is 0 Å². The summed E-state index contributed by atoms with van der Waals surface area (Å²) < 4.78 is 5.28. The third kappa shape index (κ3) is 6.24. The molecule has 0 aliphatic carbocycles. The van der Waals surface area contributed by atoms with Gasteiger partial charge in [0.15, 0.2) is 0 Å². The van der Waals surface area contributed by atoms with Gasteiger partial charge in [0.1, 0.15) is 6.61 Å². The summed E-state index contributed by atoms with van der Waals surface area (Å²) >= 11 is 1.39. The van der Waals surface area contributed by atoms with Crippen molar-refractivity contribution in [2.24, 2.45) is 0 Å². The Balaban J connectivity index is 1.86. The Bertz CT molecular complexity index is 737. The summed E-state index contributed by atoms with van der Waals surface area (Å²) in [6.07, 6.45) is 0.723. The van der Waals surface area contributed by atoms with Gasteiger partial charge in [-0.25, -0.2) is 4.79 Å². The normalized spacial score (nSPS) is 19.0. The number of ether oxygens (including phenoxy) is 1. The zero-order valence-corrected chi connectivity index (χ0v) is 16.5. The molecule has 2 rings (SSSR count). The van der Waals surface area contributed by atoms with E-state index in [4.69, 9.17) is 4.74 Å². The number of hydrogen-bond donors (Lipinski definition) is 1. The van der Waals surface area contributed by atoms with Gasteiger partial charge in [-0.2, -0.15) is 0 Å². The molecule has 0 saturated carbocycles. The van der Waals surface area contributed by atoms with Crippen LogP contribution in [0.2, 0.25) is 0 Å². The highest BCUT2D eigenvalue weighted by atomic mass is 32.2. The van der Waals surface area contributed by atoms with Crippen LogP contribution < -0.4 is 0 Å².